The zero-order chi connectivity index (χ0) is 26.9. The van der Waals surface area contributed by atoms with Crippen LogP contribution in [0, 0.1) is 6.92 Å². The van der Waals surface area contributed by atoms with E-state index in [1.54, 1.807) is 24.3 Å². The maximum atomic E-state index is 13.8. The number of halogens is 6. The van der Waals surface area contributed by atoms with Crippen LogP contribution < -0.4 is 9.64 Å². The van der Waals surface area contributed by atoms with E-state index in [1.165, 1.54) is 12.0 Å². The molecule has 3 aromatic rings. The van der Waals surface area contributed by atoms with Crippen LogP contribution in [0.2, 0.25) is 20.1 Å². The van der Waals surface area contributed by atoms with E-state index in [0.717, 1.165) is 19.4 Å². The number of carbonyl (C=O) groups excluding carboxylic acids is 3. The molecule has 1 fully saturated rings. The molecule has 37 heavy (non-hydrogen) atoms. The number of ether oxygens (including phenoxy) is 1. The second-order valence-electron chi connectivity index (χ2n) is 8.40. The predicted molar refractivity (Wildman–Crippen MR) is 151 cm³/mol. The monoisotopic (exact) mass is 704 g/mol. The van der Waals surface area contributed by atoms with Crippen LogP contribution in [0.4, 0.5) is 5.69 Å². The molecular formula is C25H14Br2Cl4N2O4. The molecule has 0 radical (unpaired) electrons. The van der Waals surface area contributed by atoms with Gasteiger partial charge in [0.2, 0.25) is 0 Å². The lowest BCUT2D eigenvalue weighted by Crippen LogP contribution is -2.67. The van der Waals surface area contributed by atoms with Gasteiger partial charge in [0.1, 0.15) is 11.8 Å². The van der Waals surface area contributed by atoms with Gasteiger partial charge in [0.15, 0.2) is 0 Å². The highest BCUT2D eigenvalue weighted by Gasteiger charge is 2.59. The summed E-state index contributed by atoms with van der Waals surface area (Å²) in [6.45, 7) is 1.89. The van der Waals surface area contributed by atoms with E-state index in [1.807, 2.05) is 19.1 Å². The molecule has 12 heteroatoms. The maximum Gasteiger partial charge on any atom is 0.264 e. The third-order valence-corrected chi connectivity index (χ3v) is 9.59. The van der Waals surface area contributed by atoms with E-state index in [0.29, 0.717) is 17.0 Å². The van der Waals surface area contributed by atoms with E-state index in [4.69, 9.17) is 51.1 Å². The van der Waals surface area contributed by atoms with E-state index < -0.39 is 29.8 Å². The molecule has 0 saturated carbocycles. The van der Waals surface area contributed by atoms with Crippen LogP contribution in [0.3, 0.4) is 0 Å². The number of nitrogens with zero attached hydrogens (tertiary/aromatic N) is 2. The lowest BCUT2D eigenvalue weighted by atomic mass is 9.85. The van der Waals surface area contributed by atoms with Gasteiger partial charge in [-0.3, -0.25) is 19.3 Å². The molecule has 1 saturated heterocycles. The van der Waals surface area contributed by atoms with Crippen molar-refractivity contribution in [2.75, 3.05) is 12.0 Å². The Bertz CT molecular complexity index is 1500. The van der Waals surface area contributed by atoms with E-state index in [-0.39, 0.29) is 31.2 Å². The number of methoxy groups -OCH3 is 1. The fourth-order valence-electron chi connectivity index (χ4n) is 4.66. The van der Waals surface area contributed by atoms with E-state index in [2.05, 4.69) is 31.9 Å². The predicted octanol–water partition coefficient (Wildman–Crippen LogP) is 7.89. The Balaban J connectivity index is 1.68. The first-order chi connectivity index (χ1) is 17.5. The number of fused-ring (bicyclic) bond motifs is 1. The van der Waals surface area contributed by atoms with Crippen molar-refractivity contribution in [3.63, 3.8) is 0 Å². The van der Waals surface area contributed by atoms with Gasteiger partial charge < -0.3 is 9.64 Å². The van der Waals surface area contributed by atoms with E-state index >= 15 is 0 Å². The zero-order valence-electron chi connectivity index (χ0n) is 18.9. The Morgan fingerprint density at radius 2 is 1.38 bits per heavy atom. The summed E-state index contributed by atoms with van der Waals surface area (Å²) in [6, 6.07) is 8.77. The number of hydrogen-bond acceptors (Lipinski definition) is 4. The molecule has 5 rings (SSSR count). The topological polar surface area (TPSA) is 66.9 Å². The Labute approximate surface area is 248 Å². The SMILES string of the molecule is COc1ccc(Br)cc1[C@@H]1[C@H](N2C(=O)c3c(Cl)c(Cl)c(Cl)c(Cl)c3C2=O)C(=O)N1c1ccc(Br)c(C)c1. The van der Waals surface area contributed by atoms with Gasteiger partial charge in [-0.15, -0.1) is 0 Å². The third kappa shape index (κ3) is 3.99. The van der Waals surface area contributed by atoms with Gasteiger partial charge in [-0.2, -0.15) is 0 Å². The molecule has 0 aromatic heterocycles. The maximum absolute atomic E-state index is 13.8. The van der Waals surface area contributed by atoms with Crippen LogP contribution in [0.1, 0.15) is 37.9 Å². The largest absolute Gasteiger partial charge is 0.496 e. The molecule has 2 heterocycles. The summed E-state index contributed by atoms with van der Waals surface area (Å²) in [4.78, 5) is 43.4. The first kappa shape index (κ1) is 26.8. The number of hydrogen-bond donors (Lipinski definition) is 0. The highest BCUT2D eigenvalue weighted by atomic mass is 79.9. The molecule has 0 unspecified atom stereocenters. The summed E-state index contributed by atoms with van der Waals surface area (Å²) in [5.41, 5.74) is 1.71. The second kappa shape index (κ2) is 9.74. The molecule has 2 aliphatic rings. The molecule has 0 bridgehead atoms. The summed E-state index contributed by atoms with van der Waals surface area (Å²) in [5.74, 6) is -1.56. The van der Waals surface area contributed by atoms with Crippen LogP contribution in [0.25, 0.3) is 0 Å². The van der Waals surface area contributed by atoms with Crippen LogP contribution >= 0.6 is 78.3 Å². The number of aryl methyl sites for hydroxylation is 1. The summed E-state index contributed by atoms with van der Waals surface area (Å²) >= 11 is 31.9. The number of imide groups is 1. The van der Waals surface area contributed by atoms with Crippen LogP contribution in [-0.2, 0) is 4.79 Å². The number of rotatable bonds is 4. The van der Waals surface area contributed by atoms with Crippen LogP contribution in [0.5, 0.6) is 5.75 Å². The van der Waals surface area contributed by atoms with Crippen molar-refractivity contribution >= 4 is 102 Å². The highest BCUT2D eigenvalue weighted by Crippen LogP contribution is 2.50. The summed E-state index contributed by atoms with van der Waals surface area (Å²) in [5, 5.41) is -0.689. The van der Waals surface area contributed by atoms with Gasteiger partial charge in [-0.1, -0.05) is 78.3 Å². The Hall–Kier alpha value is -1.81. The Morgan fingerprint density at radius 3 is 1.92 bits per heavy atom. The van der Waals surface area contributed by atoms with E-state index in [9.17, 15) is 14.4 Å². The lowest BCUT2D eigenvalue weighted by Gasteiger charge is -2.50. The number of anilines is 1. The number of carbonyl (C=O) groups is 3. The van der Waals surface area contributed by atoms with Gasteiger partial charge >= 0.3 is 0 Å². The minimum atomic E-state index is -1.20. The van der Waals surface area contributed by atoms with Gasteiger partial charge in [0.25, 0.3) is 17.7 Å². The number of amides is 3. The van der Waals surface area contributed by atoms with Crippen molar-refractivity contribution in [1.29, 1.82) is 0 Å². The first-order valence-corrected chi connectivity index (χ1v) is 13.8. The highest BCUT2D eigenvalue weighted by molar-refractivity contribution is 9.10. The molecule has 0 spiro atoms. The van der Waals surface area contributed by atoms with Crippen molar-refractivity contribution in [2.24, 2.45) is 0 Å². The minimum Gasteiger partial charge on any atom is -0.496 e. The molecule has 2 atom stereocenters. The van der Waals surface area contributed by atoms with Crippen LogP contribution in [-0.4, -0.2) is 35.8 Å². The number of β-lactam (4-membered cyclic amide) rings is 1. The van der Waals surface area contributed by atoms with Gasteiger partial charge in [0.05, 0.1) is 44.4 Å². The van der Waals surface area contributed by atoms with Gasteiger partial charge in [0, 0.05) is 20.2 Å². The first-order valence-electron chi connectivity index (χ1n) is 10.7. The van der Waals surface area contributed by atoms with Crippen molar-refractivity contribution in [2.45, 2.75) is 19.0 Å². The minimum absolute atomic E-state index is 0.146. The van der Waals surface area contributed by atoms with Crippen LogP contribution in [0.15, 0.2) is 45.3 Å². The third-order valence-electron chi connectivity index (χ3n) is 6.41. The molecule has 0 aliphatic carbocycles. The molecule has 3 aromatic carbocycles. The number of benzene rings is 3. The lowest BCUT2D eigenvalue weighted by molar-refractivity contribution is -0.130. The Morgan fingerprint density at radius 1 is 0.784 bits per heavy atom. The van der Waals surface area contributed by atoms with Crippen molar-refractivity contribution in [1.82, 2.24) is 4.90 Å². The van der Waals surface area contributed by atoms with Crippen molar-refractivity contribution < 1.29 is 19.1 Å². The fraction of sp³-hybridized carbons (Fsp3) is 0.160. The molecule has 6 nitrogen and oxygen atoms in total. The standard InChI is InChI=1S/C25H14Br2Cl4N2O4/c1-9-7-11(4-5-13(9)27)32-21(12-8-10(26)3-6-14(12)37-2)22(25(32)36)33-23(34)15-16(24(33)35)18(29)20(31)19(30)17(15)28/h3-8,21-22H,1-2H3/t21-,22+/m1/s1. The average Bonchev–Trinajstić information content (AvgIpc) is 3.12. The summed E-state index contributed by atoms with van der Waals surface area (Å²) in [7, 11) is 1.50. The fourth-order valence-corrected chi connectivity index (χ4v) is 6.30. The second-order valence-corrected chi connectivity index (χ2v) is 11.7. The Kier molecular flexibility index (Phi) is 7.05. The van der Waals surface area contributed by atoms with Crippen molar-refractivity contribution in [3.05, 3.63) is 87.7 Å². The van der Waals surface area contributed by atoms with Gasteiger partial charge in [-0.25, -0.2) is 0 Å². The molecule has 3 amide bonds. The molecule has 0 N–H and O–H groups in total. The summed E-state index contributed by atoms with van der Waals surface area (Å²) in [6.07, 6.45) is 0. The summed E-state index contributed by atoms with van der Waals surface area (Å²) < 4.78 is 7.18. The molecular weight excluding hydrogens is 694 g/mol. The van der Waals surface area contributed by atoms with Crippen molar-refractivity contribution in [3.8, 4) is 5.75 Å². The molecule has 2 aliphatic heterocycles. The normalized spacial score (nSPS) is 18.9. The quantitative estimate of drug-likeness (QED) is 0.120. The average molecular weight is 708 g/mol. The van der Waals surface area contributed by atoms with Gasteiger partial charge in [-0.05, 0) is 48.9 Å². The smallest absolute Gasteiger partial charge is 0.264 e. The molecule has 190 valence electrons. The zero-order valence-corrected chi connectivity index (χ0v) is 25.1.